The molecule has 0 aliphatic rings. The summed E-state index contributed by atoms with van der Waals surface area (Å²) >= 11 is 6.08. The van der Waals surface area contributed by atoms with Gasteiger partial charge in [0.05, 0.1) is 74.6 Å². The largest absolute Gasteiger partial charge is 0.494 e. The summed E-state index contributed by atoms with van der Waals surface area (Å²) in [5.41, 5.74) is 14.2. The minimum atomic E-state index is -0.460. The number of halogens is 1. The average molecular weight is 1760 g/mol. The summed E-state index contributed by atoms with van der Waals surface area (Å²) in [5.74, 6) is 1.61. The number of hydrogen-bond acceptors (Lipinski definition) is 19. The number of hydrogen-bond donors (Lipinski definition) is 0. The maximum absolute atomic E-state index is 12.3. The third-order valence-corrected chi connectivity index (χ3v) is 19.8. The van der Waals surface area contributed by atoms with Gasteiger partial charge in [-0.05, 0) is 314 Å². The normalized spacial score (nSPS) is 10.2. The number of fused-ring (bicyclic) bond motifs is 1. The topological polar surface area (TPSA) is 238 Å². The van der Waals surface area contributed by atoms with E-state index in [1.807, 2.05) is 177 Å². The fourth-order valence-corrected chi connectivity index (χ4v) is 12.1. The Morgan fingerprint density at radius 3 is 0.930 bits per heavy atom. The highest BCUT2D eigenvalue weighted by atomic mass is 35.5. The molecule has 0 unspecified atom stereocenters. The smallest absolute Gasteiger partial charge is 0.343 e. The minimum absolute atomic E-state index is 0.318. The first-order valence-electron chi connectivity index (χ1n) is 42.7. The Hall–Kier alpha value is -13.7. The SMILES string of the molecule is C=CC(=O)OCCCCCCOc1ccc(C(=O)OC)cc1.C=CC(=O)OCCCCCCOc1ccc(C)cc1.C=CC(=O)OCCCCCCOc1ccc(C)cc1.Cc1ccc(C(=O)Oc2ccc(C(=O)Oc3ccc(C)cc3C)cc2)cc1.Cc1ccc(C(=O)Oc2ccc(C)cc2C)cc1.Cc1ccc2c(C)c(OC(=O)c3ccc(C)c(Cl)c3)ccc2c1. The van der Waals surface area contributed by atoms with Crippen molar-refractivity contribution in [2.24, 2.45) is 0 Å². The Kier molecular flexibility index (Phi) is 46.0. The summed E-state index contributed by atoms with van der Waals surface area (Å²) in [6.45, 7) is 35.3. The van der Waals surface area contributed by atoms with E-state index >= 15 is 0 Å². The van der Waals surface area contributed by atoms with E-state index in [0.29, 0.717) is 82.3 Å². The Labute approximate surface area is 758 Å². The highest BCUT2D eigenvalue weighted by Gasteiger charge is 2.17. The van der Waals surface area contributed by atoms with Gasteiger partial charge in [0.1, 0.15) is 40.2 Å². The van der Waals surface area contributed by atoms with Crippen LogP contribution in [-0.4, -0.2) is 94.5 Å². The summed E-state index contributed by atoms with van der Waals surface area (Å²) in [5, 5.41) is 2.79. The number of carbonyl (C=O) groups excluding carboxylic acids is 8. The Morgan fingerprint density at radius 1 is 0.273 bits per heavy atom. The molecule has 0 N–H and O–H groups in total. The lowest BCUT2D eigenvalue weighted by molar-refractivity contribution is -0.138. The van der Waals surface area contributed by atoms with Crippen molar-refractivity contribution in [3.05, 3.63) is 363 Å². The van der Waals surface area contributed by atoms with Gasteiger partial charge in [0.25, 0.3) is 0 Å². The molecule has 0 bridgehead atoms. The molecule has 0 amide bonds. The number of carbonyl (C=O) groups is 8. The predicted molar refractivity (Wildman–Crippen MR) is 506 cm³/mol. The van der Waals surface area contributed by atoms with Crippen molar-refractivity contribution >= 4 is 70.1 Å². The van der Waals surface area contributed by atoms with Gasteiger partial charge in [-0.2, -0.15) is 0 Å². The van der Waals surface area contributed by atoms with Crippen LogP contribution >= 0.6 is 11.6 Å². The zero-order chi connectivity index (χ0) is 93.1. The molecule has 0 spiro atoms. The summed E-state index contributed by atoms with van der Waals surface area (Å²) in [6, 6.07) is 70.4. The van der Waals surface area contributed by atoms with Crippen LogP contribution in [0.1, 0.15) is 190 Å². The van der Waals surface area contributed by atoms with E-state index in [9.17, 15) is 38.4 Å². The molecule has 0 saturated carbocycles. The van der Waals surface area contributed by atoms with Crippen LogP contribution in [0.25, 0.3) is 10.8 Å². The molecule has 11 aromatic carbocycles. The highest BCUT2D eigenvalue weighted by molar-refractivity contribution is 6.31. The van der Waals surface area contributed by atoms with Crippen LogP contribution in [0.4, 0.5) is 0 Å². The first-order chi connectivity index (χ1) is 61.5. The van der Waals surface area contributed by atoms with Crippen molar-refractivity contribution in [2.45, 2.75) is 153 Å². The van der Waals surface area contributed by atoms with Crippen molar-refractivity contribution < 1.29 is 90.5 Å². The van der Waals surface area contributed by atoms with E-state index in [2.05, 4.69) is 63.4 Å². The average Bonchev–Trinajstić information content (AvgIpc) is 0.800. The Balaban J connectivity index is 0.000000238. The molecule has 19 nitrogen and oxygen atoms in total. The van der Waals surface area contributed by atoms with Crippen molar-refractivity contribution in [2.75, 3.05) is 46.8 Å². The molecule has 20 heteroatoms. The summed E-state index contributed by atoms with van der Waals surface area (Å²) < 4.78 is 57.9. The number of aryl methyl sites for hydroxylation is 11. The molecule has 11 aromatic rings. The van der Waals surface area contributed by atoms with Gasteiger partial charge in [-0.15, -0.1) is 0 Å². The van der Waals surface area contributed by atoms with Gasteiger partial charge in [-0.1, -0.05) is 173 Å². The van der Waals surface area contributed by atoms with Crippen LogP contribution in [-0.2, 0) is 33.3 Å². The van der Waals surface area contributed by atoms with E-state index in [0.717, 1.165) is 163 Å². The maximum atomic E-state index is 12.3. The van der Waals surface area contributed by atoms with Crippen molar-refractivity contribution in [3.8, 4) is 40.2 Å². The first kappa shape index (κ1) is 103. The predicted octanol–water partition coefficient (Wildman–Crippen LogP) is 25.0. The standard InChI is InChI=1S/C23H20O4.C20H17ClO2.C17H22O5.2C16H22O3.C16H16O2/c1-15-4-7-18(8-5-15)22(24)26-20-11-9-19(10-12-20)23(25)27-21-13-6-16(2)14-17(21)3;1-12-4-8-17-14(3)19(9-7-15(17)10-12)23-20(22)16-6-5-13(2)18(21)11-16;1-3-16(18)22-13-7-5-4-6-12-21-15-10-8-14(9-11-15)17(19)20-2;2*1-3-16(17)19-13-7-5-4-6-12-18-15-10-8-14(2)9-11-15;1-11-4-7-14(8-5-11)16(17)18-15-9-6-12(2)10-13(15)3/h4-14H,1-3H3;4-11H,1-3H3;3,8-11H,1,4-7,12-13H2,2H3;2*3,8-11H,1,4-7,12-13H2,2H3;4-10H,1-3H3. The molecule has 672 valence electrons. The van der Waals surface area contributed by atoms with Crippen LogP contribution in [0.3, 0.4) is 0 Å². The van der Waals surface area contributed by atoms with Gasteiger partial charge in [0.15, 0.2) is 0 Å². The second-order valence-electron chi connectivity index (χ2n) is 30.3. The van der Waals surface area contributed by atoms with Gasteiger partial charge in [-0.3, -0.25) is 0 Å². The molecule has 0 saturated heterocycles. The lowest BCUT2D eigenvalue weighted by Crippen LogP contribution is -2.10. The molecule has 0 aliphatic heterocycles. The molecule has 0 heterocycles. The molecular formula is C108H119ClO19. The van der Waals surface area contributed by atoms with Crippen LogP contribution in [0, 0.1) is 76.2 Å². The van der Waals surface area contributed by atoms with Crippen molar-refractivity contribution in [1.82, 2.24) is 0 Å². The number of unbranched alkanes of at least 4 members (excludes halogenated alkanes) is 9. The maximum Gasteiger partial charge on any atom is 0.343 e. The van der Waals surface area contributed by atoms with Gasteiger partial charge >= 0.3 is 47.8 Å². The molecule has 0 radical (unpaired) electrons. The Morgan fingerprint density at radius 2 is 0.562 bits per heavy atom. The van der Waals surface area contributed by atoms with E-state index in [4.69, 9.17) is 59.0 Å². The lowest BCUT2D eigenvalue weighted by atomic mass is 10.0. The first-order valence-corrected chi connectivity index (χ1v) is 43.0. The van der Waals surface area contributed by atoms with Gasteiger partial charge in [-0.25, -0.2) is 38.4 Å². The zero-order valence-corrected chi connectivity index (χ0v) is 76.4. The molecule has 0 atom stereocenters. The van der Waals surface area contributed by atoms with E-state index in [1.54, 1.807) is 91.0 Å². The third kappa shape index (κ3) is 39.3. The second-order valence-corrected chi connectivity index (χ2v) is 30.7. The summed E-state index contributed by atoms with van der Waals surface area (Å²) in [7, 11) is 1.35. The number of rotatable bonds is 36. The van der Waals surface area contributed by atoms with Gasteiger partial charge in [0.2, 0.25) is 0 Å². The third-order valence-electron chi connectivity index (χ3n) is 19.4. The molecular weight excluding hydrogens is 1640 g/mol. The Bertz CT molecular complexity index is 5310. The number of methoxy groups -OCH3 is 1. The lowest BCUT2D eigenvalue weighted by Gasteiger charge is -2.11. The van der Waals surface area contributed by atoms with Crippen LogP contribution < -0.4 is 33.2 Å². The second kappa shape index (κ2) is 57.1. The minimum Gasteiger partial charge on any atom is -0.494 e. The van der Waals surface area contributed by atoms with Crippen LogP contribution in [0.2, 0.25) is 5.02 Å². The molecule has 0 aliphatic carbocycles. The number of benzene rings is 11. The molecule has 128 heavy (non-hydrogen) atoms. The monoisotopic (exact) mass is 1750 g/mol. The molecule has 0 aromatic heterocycles. The van der Waals surface area contributed by atoms with Crippen molar-refractivity contribution in [1.29, 1.82) is 0 Å². The van der Waals surface area contributed by atoms with E-state index in [1.165, 1.54) is 42.0 Å². The fraction of sp³-hybridized carbons (Fsp3) is 0.278. The number of ether oxygens (including phenoxy) is 11. The van der Waals surface area contributed by atoms with Crippen molar-refractivity contribution in [3.63, 3.8) is 0 Å². The van der Waals surface area contributed by atoms with Gasteiger partial charge < -0.3 is 52.1 Å². The molecule has 0 fully saturated rings. The fourth-order valence-electron chi connectivity index (χ4n) is 11.9. The van der Waals surface area contributed by atoms with E-state index < -0.39 is 17.9 Å². The van der Waals surface area contributed by atoms with E-state index in [-0.39, 0.29) is 29.8 Å². The van der Waals surface area contributed by atoms with Crippen LogP contribution in [0.5, 0.6) is 40.2 Å². The quantitative estimate of drug-likeness (QED) is 0.0117. The zero-order valence-electron chi connectivity index (χ0n) is 75.7. The number of esters is 8. The van der Waals surface area contributed by atoms with Gasteiger partial charge in [0, 0.05) is 23.3 Å². The summed E-state index contributed by atoms with van der Waals surface area (Å²) in [6.07, 6.45) is 15.4. The van der Waals surface area contributed by atoms with Crippen LogP contribution in [0.15, 0.2) is 268 Å². The summed E-state index contributed by atoms with van der Waals surface area (Å²) in [4.78, 5) is 92.3. The molecule has 11 rings (SSSR count). The highest BCUT2D eigenvalue weighted by Crippen LogP contribution is 2.30.